The Morgan fingerprint density at radius 2 is 2.00 bits per heavy atom. The van der Waals surface area contributed by atoms with E-state index in [4.69, 9.17) is 4.74 Å². The Morgan fingerprint density at radius 1 is 1.28 bits per heavy atom. The van der Waals surface area contributed by atoms with Gasteiger partial charge in [-0.1, -0.05) is 0 Å². The summed E-state index contributed by atoms with van der Waals surface area (Å²) in [4.78, 5) is 4.25. The van der Waals surface area contributed by atoms with E-state index in [1.54, 1.807) is 0 Å². The van der Waals surface area contributed by atoms with Crippen LogP contribution in [0.2, 0.25) is 0 Å². The standard InChI is InChI=1S/C12H25N3OS2/c1-13-11(14-6-9-17-2)15-10-12(18-3)4-7-16-8-5-12/h4-10H2,1-3H3,(H2,13,14,15). The highest BCUT2D eigenvalue weighted by atomic mass is 32.2. The number of hydrogen-bond acceptors (Lipinski definition) is 4. The largest absolute Gasteiger partial charge is 0.381 e. The second-order valence-electron chi connectivity index (χ2n) is 4.34. The fourth-order valence-corrected chi connectivity index (χ4v) is 3.03. The van der Waals surface area contributed by atoms with E-state index in [9.17, 15) is 0 Å². The molecule has 1 fully saturated rings. The summed E-state index contributed by atoms with van der Waals surface area (Å²) in [5, 5.41) is 6.77. The lowest BCUT2D eigenvalue weighted by Gasteiger charge is -2.36. The Morgan fingerprint density at radius 3 is 2.56 bits per heavy atom. The Bertz CT molecular complexity index is 256. The first kappa shape index (κ1) is 16.0. The minimum Gasteiger partial charge on any atom is -0.381 e. The molecule has 4 nitrogen and oxygen atoms in total. The lowest BCUT2D eigenvalue weighted by Crippen LogP contribution is -2.48. The molecule has 0 aromatic rings. The van der Waals surface area contributed by atoms with Crippen molar-refractivity contribution >= 4 is 29.5 Å². The summed E-state index contributed by atoms with van der Waals surface area (Å²) in [6.07, 6.45) is 6.53. The van der Waals surface area contributed by atoms with Gasteiger partial charge in [0.1, 0.15) is 0 Å². The minimum absolute atomic E-state index is 0.301. The minimum atomic E-state index is 0.301. The molecule has 0 amide bonds. The zero-order valence-corrected chi connectivity index (χ0v) is 13.3. The van der Waals surface area contributed by atoms with Gasteiger partial charge in [-0.15, -0.1) is 0 Å². The fourth-order valence-electron chi connectivity index (χ4n) is 1.93. The van der Waals surface area contributed by atoms with Gasteiger partial charge in [0.2, 0.25) is 0 Å². The first-order valence-corrected chi connectivity index (χ1v) is 8.94. The number of hydrogen-bond donors (Lipinski definition) is 2. The summed E-state index contributed by atoms with van der Waals surface area (Å²) in [5.74, 6) is 2.01. The molecule has 0 radical (unpaired) electrons. The number of aliphatic imine (C=N–C) groups is 1. The first-order chi connectivity index (χ1) is 8.76. The predicted molar refractivity (Wildman–Crippen MR) is 84.0 cm³/mol. The molecule has 6 heteroatoms. The van der Waals surface area contributed by atoms with Gasteiger partial charge in [-0.3, -0.25) is 4.99 Å². The third-order valence-corrected chi connectivity index (χ3v) is 5.27. The highest BCUT2D eigenvalue weighted by molar-refractivity contribution is 8.00. The fraction of sp³-hybridized carbons (Fsp3) is 0.917. The highest BCUT2D eigenvalue weighted by Crippen LogP contribution is 2.32. The van der Waals surface area contributed by atoms with Gasteiger partial charge >= 0.3 is 0 Å². The highest BCUT2D eigenvalue weighted by Gasteiger charge is 2.31. The van der Waals surface area contributed by atoms with Gasteiger partial charge in [-0.05, 0) is 25.4 Å². The molecule has 0 atom stereocenters. The van der Waals surface area contributed by atoms with E-state index in [2.05, 4.69) is 28.1 Å². The smallest absolute Gasteiger partial charge is 0.191 e. The van der Waals surface area contributed by atoms with E-state index < -0.39 is 0 Å². The lowest BCUT2D eigenvalue weighted by atomic mass is 9.99. The molecule has 1 aliphatic rings. The van der Waals surface area contributed by atoms with Gasteiger partial charge < -0.3 is 15.4 Å². The molecule has 1 rings (SSSR count). The molecule has 2 N–H and O–H groups in total. The van der Waals surface area contributed by atoms with Crippen molar-refractivity contribution in [3.05, 3.63) is 0 Å². The van der Waals surface area contributed by atoms with Crippen molar-refractivity contribution in [2.75, 3.05) is 51.6 Å². The first-order valence-electron chi connectivity index (χ1n) is 6.33. The maximum absolute atomic E-state index is 5.45. The summed E-state index contributed by atoms with van der Waals surface area (Å²) in [6.45, 7) is 3.66. The van der Waals surface area contributed by atoms with Crippen LogP contribution in [0.3, 0.4) is 0 Å². The molecule has 18 heavy (non-hydrogen) atoms. The molecular weight excluding hydrogens is 266 g/mol. The van der Waals surface area contributed by atoms with E-state index in [1.165, 1.54) is 0 Å². The summed E-state index contributed by atoms with van der Waals surface area (Å²) >= 11 is 3.78. The number of rotatable bonds is 6. The monoisotopic (exact) mass is 291 g/mol. The van der Waals surface area contributed by atoms with E-state index >= 15 is 0 Å². The summed E-state index contributed by atoms with van der Waals surface area (Å²) in [7, 11) is 1.82. The van der Waals surface area contributed by atoms with Crippen LogP contribution in [0.25, 0.3) is 0 Å². The van der Waals surface area contributed by atoms with Crippen molar-refractivity contribution in [3.8, 4) is 0 Å². The van der Waals surface area contributed by atoms with Crippen LogP contribution in [-0.2, 0) is 4.74 Å². The van der Waals surface area contributed by atoms with Crippen molar-refractivity contribution in [2.45, 2.75) is 17.6 Å². The number of guanidine groups is 1. The molecule has 1 saturated heterocycles. The second kappa shape index (κ2) is 8.93. The molecule has 1 aliphatic heterocycles. The molecule has 0 unspecified atom stereocenters. The van der Waals surface area contributed by atoms with Gasteiger partial charge in [0, 0.05) is 43.9 Å². The third kappa shape index (κ3) is 5.28. The average molecular weight is 291 g/mol. The van der Waals surface area contributed by atoms with Crippen LogP contribution in [-0.4, -0.2) is 62.3 Å². The van der Waals surface area contributed by atoms with Crippen LogP contribution in [0.4, 0.5) is 0 Å². The SMILES string of the molecule is CN=C(NCCSC)NCC1(SC)CCOCC1. The Kier molecular flexibility index (Phi) is 7.93. The van der Waals surface area contributed by atoms with Gasteiger partial charge in [-0.25, -0.2) is 0 Å². The van der Waals surface area contributed by atoms with Crippen LogP contribution in [0.5, 0.6) is 0 Å². The predicted octanol–water partition coefficient (Wildman–Crippen LogP) is 1.43. The molecular formula is C12H25N3OS2. The molecule has 0 aliphatic carbocycles. The zero-order chi connectivity index (χ0) is 13.3. The third-order valence-electron chi connectivity index (χ3n) is 3.24. The molecule has 0 aromatic carbocycles. The van der Waals surface area contributed by atoms with E-state index in [-0.39, 0.29) is 0 Å². The normalized spacial score (nSPS) is 19.6. The molecule has 106 valence electrons. The van der Waals surface area contributed by atoms with Crippen LogP contribution >= 0.6 is 23.5 Å². The van der Waals surface area contributed by atoms with Crippen molar-refractivity contribution in [2.24, 2.45) is 4.99 Å². The van der Waals surface area contributed by atoms with Crippen LogP contribution in [0, 0.1) is 0 Å². The Hall–Kier alpha value is -0.0700. The number of thioether (sulfide) groups is 2. The Balaban J connectivity index is 2.35. The van der Waals surface area contributed by atoms with Gasteiger partial charge in [0.25, 0.3) is 0 Å². The van der Waals surface area contributed by atoms with Crippen molar-refractivity contribution < 1.29 is 4.74 Å². The Labute approximate surface area is 119 Å². The molecule has 0 saturated carbocycles. The summed E-state index contributed by atoms with van der Waals surface area (Å²) < 4.78 is 5.75. The van der Waals surface area contributed by atoms with E-state index in [0.717, 1.165) is 50.9 Å². The summed E-state index contributed by atoms with van der Waals surface area (Å²) in [6, 6.07) is 0. The molecule has 1 heterocycles. The number of nitrogens with one attached hydrogen (secondary N) is 2. The number of ether oxygens (including phenoxy) is 1. The maximum Gasteiger partial charge on any atom is 0.191 e. The van der Waals surface area contributed by atoms with Gasteiger partial charge in [0.15, 0.2) is 5.96 Å². The molecule has 0 aromatic heterocycles. The number of nitrogens with zero attached hydrogens (tertiary/aromatic N) is 1. The van der Waals surface area contributed by atoms with E-state index in [1.807, 2.05) is 30.6 Å². The maximum atomic E-state index is 5.45. The summed E-state index contributed by atoms with van der Waals surface area (Å²) in [5.41, 5.74) is 0. The van der Waals surface area contributed by atoms with E-state index in [0.29, 0.717) is 4.75 Å². The van der Waals surface area contributed by atoms with Crippen LogP contribution in [0.15, 0.2) is 4.99 Å². The van der Waals surface area contributed by atoms with Crippen LogP contribution in [0.1, 0.15) is 12.8 Å². The van der Waals surface area contributed by atoms with Crippen LogP contribution < -0.4 is 10.6 Å². The van der Waals surface area contributed by atoms with Crippen molar-refractivity contribution in [3.63, 3.8) is 0 Å². The second-order valence-corrected chi connectivity index (χ2v) is 6.60. The average Bonchev–Trinajstić information content (AvgIpc) is 2.43. The van der Waals surface area contributed by atoms with Gasteiger partial charge in [0.05, 0.1) is 0 Å². The van der Waals surface area contributed by atoms with Crippen molar-refractivity contribution in [1.82, 2.24) is 10.6 Å². The topological polar surface area (TPSA) is 45.7 Å². The molecule has 0 spiro atoms. The lowest BCUT2D eigenvalue weighted by molar-refractivity contribution is 0.0783. The molecule has 0 bridgehead atoms. The van der Waals surface area contributed by atoms with Gasteiger partial charge in [-0.2, -0.15) is 23.5 Å². The quantitative estimate of drug-likeness (QED) is 0.440. The van der Waals surface area contributed by atoms with Crippen molar-refractivity contribution in [1.29, 1.82) is 0 Å². The zero-order valence-electron chi connectivity index (χ0n) is 11.6.